The minimum absolute atomic E-state index is 0.265. The van der Waals surface area contributed by atoms with Crippen LogP contribution in [-0.4, -0.2) is 29.2 Å². The lowest BCUT2D eigenvalue weighted by Gasteiger charge is -2.34. The fraction of sp³-hybridized carbons (Fsp3) is 0.667. The molecule has 2 heterocycles. The van der Waals surface area contributed by atoms with Crippen LogP contribution in [0, 0.1) is 0 Å². The maximum Gasteiger partial charge on any atom is 0.168 e. The smallest absolute Gasteiger partial charge is 0.168 e. The molecule has 0 radical (unpaired) electrons. The van der Waals surface area contributed by atoms with Gasteiger partial charge in [0.1, 0.15) is 0 Å². The highest BCUT2D eigenvalue weighted by Gasteiger charge is 2.40. The summed E-state index contributed by atoms with van der Waals surface area (Å²) in [6, 6.07) is 4.02. The van der Waals surface area contributed by atoms with Gasteiger partial charge in [-0.25, -0.2) is 0 Å². The second-order valence-corrected chi connectivity index (χ2v) is 4.53. The summed E-state index contributed by atoms with van der Waals surface area (Å²) in [6.07, 6.45) is 5.84. The largest absolute Gasteiger partial charge is 0.348 e. The molecule has 0 amide bonds. The summed E-state index contributed by atoms with van der Waals surface area (Å²) in [5.41, 5.74) is 1.11. The number of aromatic nitrogens is 2. The Kier molecular flexibility index (Phi) is 2.61. The number of hydrogen-bond donors (Lipinski definition) is 0. The fourth-order valence-electron chi connectivity index (χ4n) is 2.67. The molecule has 2 fully saturated rings. The van der Waals surface area contributed by atoms with Gasteiger partial charge in [-0.15, -0.1) is 0 Å². The first kappa shape index (κ1) is 10.2. The van der Waals surface area contributed by atoms with Crippen molar-refractivity contribution in [3.63, 3.8) is 0 Å². The van der Waals surface area contributed by atoms with E-state index in [4.69, 9.17) is 9.47 Å². The Morgan fingerprint density at radius 2 is 1.94 bits per heavy atom. The van der Waals surface area contributed by atoms with Gasteiger partial charge < -0.3 is 9.47 Å². The van der Waals surface area contributed by atoms with Gasteiger partial charge in [0.15, 0.2) is 5.79 Å². The Balaban J connectivity index is 1.66. The molecule has 1 aromatic heterocycles. The zero-order chi connectivity index (χ0) is 10.8. The van der Waals surface area contributed by atoms with E-state index >= 15 is 0 Å². The van der Waals surface area contributed by atoms with Crippen LogP contribution in [0.25, 0.3) is 0 Å². The SMILES string of the molecule is c1cnnc(C2CCC3(CC2)OCCO3)c1. The Bertz CT molecular complexity index is 339. The van der Waals surface area contributed by atoms with E-state index in [0.29, 0.717) is 5.92 Å². The van der Waals surface area contributed by atoms with E-state index in [1.165, 1.54) is 0 Å². The zero-order valence-electron chi connectivity index (χ0n) is 9.26. The molecule has 0 bridgehead atoms. The molecule has 1 saturated heterocycles. The quantitative estimate of drug-likeness (QED) is 0.724. The van der Waals surface area contributed by atoms with Crippen molar-refractivity contribution in [1.82, 2.24) is 10.2 Å². The lowest BCUT2D eigenvalue weighted by atomic mass is 9.83. The van der Waals surface area contributed by atoms with Crippen LogP contribution in [0.5, 0.6) is 0 Å². The van der Waals surface area contributed by atoms with Crippen molar-refractivity contribution in [3.8, 4) is 0 Å². The van der Waals surface area contributed by atoms with Crippen molar-refractivity contribution in [2.45, 2.75) is 37.4 Å². The number of ether oxygens (including phenoxy) is 2. The van der Waals surface area contributed by atoms with Crippen LogP contribution < -0.4 is 0 Å². The van der Waals surface area contributed by atoms with E-state index in [1.807, 2.05) is 6.07 Å². The van der Waals surface area contributed by atoms with Crippen molar-refractivity contribution in [3.05, 3.63) is 24.0 Å². The minimum Gasteiger partial charge on any atom is -0.348 e. The molecule has 4 nitrogen and oxygen atoms in total. The molecule has 0 atom stereocenters. The molecular formula is C12H16N2O2. The average Bonchev–Trinajstić information content (AvgIpc) is 2.80. The number of nitrogens with zero attached hydrogens (tertiary/aromatic N) is 2. The van der Waals surface area contributed by atoms with Crippen molar-refractivity contribution >= 4 is 0 Å². The first-order valence-electron chi connectivity index (χ1n) is 5.94. The van der Waals surface area contributed by atoms with Crippen LogP contribution in [0.4, 0.5) is 0 Å². The lowest BCUT2D eigenvalue weighted by Crippen LogP contribution is -2.34. The Morgan fingerprint density at radius 3 is 2.56 bits per heavy atom. The molecule has 4 heteroatoms. The van der Waals surface area contributed by atoms with Crippen LogP contribution in [0.2, 0.25) is 0 Å². The normalized spacial score (nSPS) is 25.0. The molecule has 1 saturated carbocycles. The monoisotopic (exact) mass is 220 g/mol. The van der Waals surface area contributed by atoms with Gasteiger partial charge in [-0.1, -0.05) is 0 Å². The second-order valence-electron chi connectivity index (χ2n) is 4.53. The molecular weight excluding hydrogens is 204 g/mol. The summed E-state index contributed by atoms with van der Waals surface area (Å²) < 4.78 is 11.4. The van der Waals surface area contributed by atoms with Gasteiger partial charge in [0.2, 0.25) is 0 Å². The highest BCUT2D eigenvalue weighted by atomic mass is 16.7. The van der Waals surface area contributed by atoms with Crippen LogP contribution >= 0.6 is 0 Å². The molecule has 1 spiro atoms. The Labute approximate surface area is 95.0 Å². The van der Waals surface area contributed by atoms with Gasteiger partial charge in [0.25, 0.3) is 0 Å². The summed E-state index contributed by atoms with van der Waals surface area (Å²) in [4.78, 5) is 0. The molecule has 0 N–H and O–H groups in total. The van der Waals surface area contributed by atoms with E-state index in [2.05, 4.69) is 16.3 Å². The maximum absolute atomic E-state index is 5.71. The summed E-state index contributed by atoms with van der Waals surface area (Å²) in [5, 5.41) is 8.12. The number of hydrogen-bond acceptors (Lipinski definition) is 4. The molecule has 1 aliphatic carbocycles. The van der Waals surface area contributed by atoms with Crippen molar-refractivity contribution in [1.29, 1.82) is 0 Å². The minimum atomic E-state index is -0.265. The van der Waals surface area contributed by atoms with Crippen LogP contribution in [-0.2, 0) is 9.47 Å². The molecule has 86 valence electrons. The first-order chi connectivity index (χ1) is 7.88. The number of rotatable bonds is 1. The van der Waals surface area contributed by atoms with E-state index in [1.54, 1.807) is 6.20 Å². The Hall–Kier alpha value is -1.00. The Morgan fingerprint density at radius 1 is 1.19 bits per heavy atom. The van der Waals surface area contributed by atoms with Crippen molar-refractivity contribution in [2.75, 3.05) is 13.2 Å². The average molecular weight is 220 g/mol. The third kappa shape index (κ3) is 1.83. The van der Waals surface area contributed by atoms with Crippen LogP contribution in [0.3, 0.4) is 0 Å². The summed E-state index contributed by atoms with van der Waals surface area (Å²) >= 11 is 0. The second kappa shape index (κ2) is 4.11. The highest BCUT2D eigenvalue weighted by molar-refractivity contribution is 5.08. The summed E-state index contributed by atoms with van der Waals surface area (Å²) in [6.45, 7) is 1.49. The van der Waals surface area contributed by atoms with Crippen LogP contribution in [0.1, 0.15) is 37.3 Å². The predicted octanol–water partition coefficient (Wildman–Crippen LogP) is 1.88. The van der Waals surface area contributed by atoms with Gasteiger partial charge in [-0.2, -0.15) is 10.2 Å². The van der Waals surface area contributed by atoms with Gasteiger partial charge in [0.05, 0.1) is 18.9 Å². The molecule has 0 unspecified atom stereocenters. The third-order valence-corrected chi connectivity index (χ3v) is 3.57. The molecule has 1 aliphatic heterocycles. The van der Waals surface area contributed by atoms with E-state index in [-0.39, 0.29) is 5.79 Å². The summed E-state index contributed by atoms with van der Waals surface area (Å²) in [5.74, 6) is 0.255. The van der Waals surface area contributed by atoms with Gasteiger partial charge in [0, 0.05) is 25.0 Å². The van der Waals surface area contributed by atoms with E-state index in [9.17, 15) is 0 Å². The van der Waals surface area contributed by atoms with Crippen LogP contribution in [0.15, 0.2) is 18.3 Å². The van der Waals surface area contributed by atoms with Gasteiger partial charge >= 0.3 is 0 Å². The van der Waals surface area contributed by atoms with Gasteiger partial charge in [-0.05, 0) is 25.0 Å². The first-order valence-corrected chi connectivity index (χ1v) is 5.94. The lowest BCUT2D eigenvalue weighted by molar-refractivity contribution is -0.178. The molecule has 3 rings (SSSR count). The zero-order valence-corrected chi connectivity index (χ0v) is 9.26. The van der Waals surface area contributed by atoms with Gasteiger partial charge in [-0.3, -0.25) is 0 Å². The molecule has 1 aromatic rings. The van der Waals surface area contributed by atoms with E-state index in [0.717, 1.165) is 44.6 Å². The van der Waals surface area contributed by atoms with Crippen molar-refractivity contribution < 1.29 is 9.47 Å². The third-order valence-electron chi connectivity index (χ3n) is 3.57. The standard InChI is InChI=1S/C12H16N2O2/c1-2-11(14-13-7-1)10-3-5-12(6-4-10)15-8-9-16-12/h1-2,7,10H,3-6,8-9H2. The van der Waals surface area contributed by atoms with Crippen molar-refractivity contribution in [2.24, 2.45) is 0 Å². The van der Waals surface area contributed by atoms with E-state index < -0.39 is 0 Å². The summed E-state index contributed by atoms with van der Waals surface area (Å²) in [7, 11) is 0. The predicted molar refractivity (Wildman–Crippen MR) is 57.9 cm³/mol. The highest BCUT2D eigenvalue weighted by Crippen LogP contribution is 2.41. The maximum atomic E-state index is 5.71. The topological polar surface area (TPSA) is 44.2 Å². The molecule has 0 aromatic carbocycles. The molecule has 16 heavy (non-hydrogen) atoms. The fourth-order valence-corrected chi connectivity index (χ4v) is 2.67. The molecule has 2 aliphatic rings.